The second kappa shape index (κ2) is 3.93. The largest absolute Gasteiger partial charge is 0.307 e. The molecule has 0 aliphatic carbocycles. The van der Waals surface area contributed by atoms with E-state index < -0.39 is 0 Å². The highest BCUT2D eigenvalue weighted by molar-refractivity contribution is 5.46. The van der Waals surface area contributed by atoms with E-state index >= 15 is 0 Å². The Morgan fingerprint density at radius 2 is 1.75 bits per heavy atom. The lowest BCUT2D eigenvalue weighted by Gasteiger charge is -2.09. The Bertz CT molecular complexity index is 507. The standard InChI is InChI=1S/C14H20N2/c1-9(2)12-7-16-8-13(10(3)4)15-14(16)6-11(12)5/h6-10H,1-5H3. The fraction of sp³-hybridized carbons (Fsp3) is 0.500. The van der Waals surface area contributed by atoms with E-state index in [4.69, 9.17) is 0 Å². The van der Waals surface area contributed by atoms with Gasteiger partial charge in [0.2, 0.25) is 0 Å². The summed E-state index contributed by atoms with van der Waals surface area (Å²) >= 11 is 0. The summed E-state index contributed by atoms with van der Waals surface area (Å²) in [5.41, 5.74) is 4.97. The van der Waals surface area contributed by atoms with Gasteiger partial charge in [0.15, 0.2) is 0 Å². The van der Waals surface area contributed by atoms with E-state index in [9.17, 15) is 0 Å². The van der Waals surface area contributed by atoms with E-state index in [-0.39, 0.29) is 0 Å². The van der Waals surface area contributed by atoms with Crippen LogP contribution in [0.2, 0.25) is 0 Å². The zero-order valence-electron chi connectivity index (χ0n) is 10.8. The molecule has 0 unspecified atom stereocenters. The van der Waals surface area contributed by atoms with Crippen molar-refractivity contribution in [1.29, 1.82) is 0 Å². The third-order valence-electron chi connectivity index (χ3n) is 3.07. The fourth-order valence-electron chi connectivity index (χ4n) is 2.05. The average Bonchev–Trinajstić information content (AvgIpc) is 2.58. The Labute approximate surface area is 97.3 Å². The molecule has 0 bridgehead atoms. The molecular weight excluding hydrogens is 196 g/mol. The number of fused-ring (bicyclic) bond motifs is 1. The van der Waals surface area contributed by atoms with Crippen molar-refractivity contribution in [1.82, 2.24) is 9.38 Å². The van der Waals surface area contributed by atoms with Crippen LogP contribution in [0.5, 0.6) is 0 Å². The van der Waals surface area contributed by atoms with E-state index in [1.807, 2.05) is 0 Å². The number of nitrogens with zero attached hydrogens (tertiary/aromatic N) is 2. The normalized spacial score (nSPS) is 11.9. The quantitative estimate of drug-likeness (QED) is 0.744. The molecule has 0 spiro atoms. The molecule has 2 heterocycles. The molecule has 0 aromatic carbocycles. The number of aryl methyl sites for hydroxylation is 1. The summed E-state index contributed by atoms with van der Waals surface area (Å²) < 4.78 is 2.15. The van der Waals surface area contributed by atoms with Gasteiger partial charge in [-0.3, -0.25) is 0 Å². The third-order valence-corrected chi connectivity index (χ3v) is 3.07. The molecule has 0 N–H and O–H groups in total. The van der Waals surface area contributed by atoms with E-state index in [1.165, 1.54) is 16.8 Å². The SMILES string of the molecule is Cc1cc2nc(C(C)C)cn2cc1C(C)C. The van der Waals surface area contributed by atoms with Crippen LogP contribution in [0, 0.1) is 6.92 Å². The number of hydrogen-bond acceptors (Lipinski definition) is 1. The van der Waals surface area contributed by atoms with Gasteiger partial charge in [-0.25, -0.2) is 4.98 Å². The number of rotatable bonds is 2. The first-order valence-corrected chi connectivity index (χ1v) is 5.98. The van der Waals surface area contributed by atoms with Gasteiger partial charge in [-0.2, -0.15) is 0 Å². The van der Waals surface area contributed by atoms with Gasteiger partial charge in [0, 0.05) is 12.4 Å². The Morgan fingerprint density at radius 3 is 2.31 bits per heavy atom. The maximum Gasteiger partial charge on any atom is 0.137 e. The van der Waals surface area contributed by atoms with E-state index in [0.717, 1.165) is 5.65 Å². The minimum absolute atomic E-state index is 0.489. The first-order chi connectivity index (χ1) is 7.49. The van der Waals surface area contributed by atoms with Crippen molar-refractivity contribution >= 4 is 5.65 Å². The zero-order chi connectivity index (χ0) is 11.9. The lowest BCUT2D eigenvalue weighted by Crippen LogP contribution is -1.95. The maximum atomic E-state index is 4.64. The van der Waals surface area contributed by atoms with Crippen molar-refractivity contribution in [3.8, 4) is 0 Å². The van der Waals surface area contributed by atoms with Gasteiger partial charge in [0.25, 0.3) is 0 Å². The number of aromatic nitrogens is 2. The maximum absolute atomic E-state index is 4.64. The summed E-state index contributed by atoms with van der Waals surface area (Å²) in [6.45, 7) is 11.0. The Hall–Kier alpha value is -1.31. The van der Waals surface area contributed by atoms with Crippen LogP contribution in [-0.4, -0.2) is 9.38 Å². The Morgan fingerprint density at radius 1 is 1.06 bits per heavy atom. The zero-order valence-corrected chi connectivity index (χ0v) is 10.8. The highest BCUT2D eigenvalue weighted by atomic mass is 15.0. The molecule has 0 aliphatic rings. The summed E-state index contributed by atoms with van der Waals surface area (Å²) in [4.78, 5) is 4.64. The monoisotopic (exact) mass is 216 g/mol. The van der Waals surface area contributed by atoms with E-state index in [1.54, 1.807) is 0 Å². The topological polar surface area (TPSA) is 17.3 Å². The van der Waals surface area contributed by atoms with Crippen LogP contribution in [0.25, 0.3) is 5.65 Å². The smallest absolute Gasteiger partial charge is 0.137 e. The Balaban J connectivity index is 2.61. The molecule has 0 radical (unpaired) electrons. The molecular formula is C14H20N2. The van der Waals surface area contributed by atoms with Gasteiger partial charge < -0.3 is 4.40 Å². The van der Waals surface area contributed by atoms with Gasteiger partial charge in [-0.15, -0.1) is 0 Å². The minimum Gasteiger partial charge on any atom is -0.307 e. The predicted octanol–water partition coefficient (Wildman–Crippen LogP) is 3.89. The van der Waals surface area contributed by atoms with Crippen molar-refractivity contribution in [2.75, 3.05) is 0 Å². The van der Waals surface area contributed by atoms with Crippen LogP contribution in [0.4, 0.5) is 0 Å². The lowest BCUT2D eigenvalue weighted by molar-refractivity contribution is 0.832. The summed E-state index contributed by atoms with van der Waals surface area (Å²) in [6.07, 6.45) is 4.36. The number of hydrogen-bond donors (Lipinski definition) is 0. The molecule has 86 valence electrons. The molecule has 0 fully saturated rings. The van der Waals surface area contributed by atoms with Crippen LogP contribution in [0.15, 0.2) is 18.5 Å². The first kappa shape index (κ1) is 11.2. The molecule has 2 heteroatoms. The molecule has 2 aromatic heterocycles. The molecule has 0 saturated carbocycles. The third kappa shape index (κ3) is 1.84. The lowest BCUT2D eigenvalue weighted by atomic mass is 10.0. The second-order valence-electron chi connectivity index (χ2n) is 5.15. The van der Waals surface area contributed by atoms with Crippen molar-refractivity contribution in [3.05, 3.63) is 35.3 Å². The highest BCUT2D eigenvalue weighted by Gasteiger charge is 2.09. The van der Waals surface area contributed by atoms with Crippen LogP contribution in [-0.2, 0) is 0 Å². The van der Waals surface area contributed by atoms with Crippen molar-refractivity contribution < 1.29 is 0 Å². The molecule has 0 aliphatic heterocycles. The summed E-state index contributed by atoms with van der Waals surface area (Å²) in [5.74, 6) is 1.05. The number of imidazole rings is 1. The summed E-state index contributed by atoms with van der Waals surface area (Å²) in [6, 6.07) is 2.18. The molecule has 2 rings (SSSR count). The number of pyridine rings is 1. The molecule has 2 nitrogen and oxygen atoms in total. The van der Waals surface area contributed by atoms with E-state index in [2.05, 4.69) is 62.5 Å². The highest BCUT2D eigenvalue weighted by Crippen LogP contribution is 2.22. The molecule has 0 saturated heterocycles. The van der Waals surface area contributed by atoms with Crippen molar-refractivity contribution in [2.24, 2.45) is 0 Å². The first-order valence-electron chi connectivity index (χ1n) is 5.98. The van der Waals surface area contributed by atoms with Gasteiger partial charge in [0.05, 0.1) is 5.69 Å². The van der Waals surface area contributed by atoms with Gasteiger partial charge in [-0.05, 0) is 36.0 Å². The fourth-order valence-corrected chi connectivity index (χ4v) is 2.05. The molecule has 0 atom stereocenters. The van der Waals surface area contributed by atoms with Crippen LogP contribution in [0.1, 0.15) is 56.4 Å². The molecule has 16 heavy (non-hydrogen) atoms. The van der Waals surface area contributed by atoms with Gasteiger partial charge in [-0.1, -0.05) is 27.7 Å². The summed E-state index contributed by atoms with van der Waals surface area (Å²) in [7, 11) is 0. The van der Waals surface area contributed by atoms with Gasteiger partial charge >= 0.3 is 0 Å². The van der Waals surface area contributed by atoms with Crippen LogP contribution < -0.4 is 0 Å². The minimum atomic E-state index is 0.489. The van der Waals surface area contributed by atoms with E-state index in [0.29, 0.717) is 11.8 Å². The Kier molecular flexibility index (Phi) is 2.75. The van der Waals surface area contributed by atoms with Crippen LogP contribution >= 0.6 is 0 Å². The molecule has 2 aromatic rings. The van der Waals surface area contributed by atoms with Crippen molar-refractivity contribution in [2.45, 2.75) is 46.5 Å². The van der Waals surface area contributed by atoms with Crippen molar-refractivity contribution in [3.63, 3.8) is 0 Å². The summed E-state index contributed by atoms with van der Waals surface area (Å²) in [5, 5.41) is 0. The molecule has 0 amide bonds. The average molecular weight is 216 g/mol. The van der Waals surface area contributed by atoms with Crippen LogP contribution in [0.3, 0.4) is 0 Å². The van der Waals surface area contributed by atoms with Gasteiger partial charge in [0.1, 0.15) is 5.65 Å². The predicted molar refractivity (Wildman–Crippen MR) is 68.1 cm³/mol. The second-order valence-corrected chi connectivity index (χ2v) is 5.15.